The number of amides is 2. The van der Waals surface area contributed by atoms with Crippen LogP contribution in [-0.2, 0) is 14.3 Å². The predicted molar refractivity (Wildman–Crippen MR) is 57.7 cm³/mol. The number of hydrogen-bond acceptors (Lipinski definition) is 3. The van der Waals surface area contributed by atoms with Crippen LogP contribution in [0.4, 0.5) is 0 Å². The Labute approximate surface area is 95.1 Å². The lowest BCUT2D eigenvalue weighted by Crippen LogP contribution is -2.43. The van der Waals surface area contributed by atoms with Crippen LogP contribution >= 0.6 is 0 Å². The van der Waals surface area contributed by atoms with Gasteiger partial charge in [-0.15, -0.1) is 0 Å². The van der Waals surface area contributed by atoms with Gasteiger partial charge in [-0.3, -0.25) is 9.59 Å². The third-order valence-electron chi connectivity index (χ3n) is 3.41. The minimum absolute atomic E-state index is 0.00914. The first kappa shape index (κ1) is 11.4. The van der Waals surface area contributed by atoms with Gasteiger partial charge in [0, 0.05) is 33.2 Å². The first-order chi connectivity index (χ1) is 7.70. The summed E-state index contributed by atoms with van der Waals surface area (Å²) in [6, 6.07) is 0. The van der Waals surface area contributed by atoms with Crippen LogP contribution < -0.4 is 5.32 Å². The molecule has 90 valence electrons. The smallest absolute Gasteiger partial charge is 0.227 e. The van der Waals surface area contributed by atoms with Crippen molar-refractivity contribution in [3.63, 3.8) is 0 Å². The number of hydrogen-bond donors (Lipinski definition) is 1. The van der Waals surface area contributed by atoms with Crippen LogP contribution in [0.15, 0.2) is 0 Å². The summed E-state index contributed by atoms with van der Waals surface area (Å²) in [6.45, 7) is 2.01. The fraction of sp³-hybridized carbons (Fsp3) is 0.818. The Balaban J connectivity index is 1.84. The summed E-state index contributed by atoms with van der Waals surface area (Å²) < 4.78 is 5.26. The molecule has 1 N–H and O–H groups in total. The number of nitrogens with one attached hydrogen (secondary N) is 1. The maximum absolute atomic E-state index is 12.0. The molecule has 0 aromatic rings. The zero-order valence-electron chi connectivity index (χ0n) is 9.57. The van der Waals surface area contributed by atoms with Crippen LogP contribution in [0.25, 0.3) is 0 Å². The number of piperidine rings is 1. The molecule has 1 atom stereocenters. The topological polar surface area (TPSA) is 58.6 Å². The largest absolute Gasteiger partial charge is 0.381 e. The summed E-state index contributed by atoms with van der Waals surface area (Å²) in [5, 5.41) is 2.70. The normalized spacial score (nSPS) is 26.9. The Morgan fingerprint density at radius 3 is 2.62 bits per heavy atom. The number of methoxy groups -OCH3 is 1. The van der Waals surface area contributed by atoms with Crippen molar-refractivity contribution in [3.8, 4) is 0 Å². The molecule has 16 heavy (non-hydrogen) atoms. The lowest BCUT2D eigenvalue weighted by molar-refractivity contribution is -0.138. The van der Waals surface area contributed by atoms with E-state index in [2.05, 4.69) is 5.32 Å². The second-order valence-electron chi connectivity index (χ2n) is 4.47. The molecule has 0 radical (unpaired) electrons. The van der Waals surface area contributed by atoms with Crippen LogP contribution in [0.2, 0.25) is 0 Å². The molecule has 0 spiro atoms. The Morgan fingerprint density at radius 1 is 1.44 bits per heavy atom. The number of likely N-dealkylation sites (tertiary alicyclic amines) is 1. The predicted octanol–water partition coefficient (Wildman–Crippen LogP) is -0.240. The lowest BCUT2D eigenvalue weighted by Gasteiger charge is -2.32. The van der Waals surface area contributed by atoms with Gasteiger partial charge in [-0.05, 0) is 12.8 Å². The third kappa shape index (κ3) is 2.35. The van der Waals surface area contributed by atoms with Gasteiger partial charge in [0.25, 0.3) is 0 Å². The second-order valence-corrected chi connectivity index (χ2v) is 4.47. The molecule has 2 saturated heterocycles. The van der Waals surface area contributed by atoms with Gasteiger partial charge in [-0.2, -0.15) is 0 Å². The SMILES string of the molecule is COC1CCN(C(=O)C2CNC(=O)C2)CC1. The molecule has 5 heteroatoms. The third-order valence-corrected chi connectivity index (χ3v) is 3.41. The highest BCUT2D eigenvalue weighted by Gasteiger charge is 2.32. The standard InChI is InChI=1S/C11H18N2O3/c1-16-9-2-4-13(5-3-9)11(15)8-6-10(14)12-7-8/h8-9H,2-7H2,1H3,(H,12,14). The van der Waals surface area contributed by atoms with Crippen molar-refractivity contribution in [3.05, 3.63) is 0 Å². The number of carbonyl (C=O) groups is 2. The highest BCUT2D eigenvalue weighted by atomic mass is 16.5. The molecule has 0 aliphatic carbocycles. The first-order valence-corrected chi connectivity index (χ1v) is 5.79. The average Bonchev–Trinajstić information content (AvgIpc) is 2.75. The molecule has 5 nitrogen and oxygen atoms in total. The summed E-state index contributed by atoms with van der Waals surface area (Å²) in [5.74, 6) is -0.0374. The lowest BCUT2D eigenvalue weighted by atomic mass is 10.0. The Morgan fingerprint density at radius 2 is 2.12 bits per heavy atom. The van der Waals surface area contributed by atoms with Gasteiger partial charge in [0.05, 0.1) is 12.0 Å². The van der Waals surface area contributed by atoms with E-state index in [0.29, 0.717) is 13.0 Å². The van der Waals surface area contributed by atoms with Gasteiger partial charge in [0.2, 0.25) is 11.8 Å². The Bertz CT molecular complexity index is 285. The molecular formula is C11H18N2O3. The maximum Gasteiger partial charge on any atom is 0.227 e. The van der Waals surface area contributed by atoms with E-state index in [1.54, 1.807) is 7.11 Å². The fourth-order valence-corrected chi connectivity index (χ4v) is 2.35. The van der Waals surface area contributed by atoms with Crippen LogP contribution in [0.3, 0.4) is 0 Å². The molecule has 2 rings (SSSR count). The summed E-state index contributed by atoms with van der Waals surface area (Å²) in [5.41, 5.74) is 0. The van der Waals surface area contributed by atoms with E-state index in [4.69, 9.17) is 4.74 Å². The highest BCUT2D eigenvalue weighted by Crippen LogP contribution is 2.18. The Hall–Kier alpha value is -1.10. The van der Waals surface area contributed by atoms with Crippen molar-refractivity contribution in [2.45, 2.75) is 25.4 Å². The fourth-order valence-electron chi connectivity index (χ4n) is 2.35. The van der Waals surface area contributed by atoms with Crippen molar-refractivity contribution in [1.29, 1.82) is 0 Å². The summed E-state index contributed by atoms with van der Waals surface area (Å²) in [6.07, 6.45) is 2.43. The van der Waals surface area contributed by atoms with Crippen LogP contribution in [-0.4, -0.2) is 49.6 Å². The van der Waals surface area contributed by atoms with E-state index in [1.165, 1.54) is 0 Å². The monoisotopic (exact) mass is 226 g/mol. The van der Waals surface area contributed by atoms with Gasteiger partial charge in [-0.1, -0.05) is 0 Å². The van der Waals surface area contributed by atoms with Crippen LogP contribution in [0.1, 0.15) is 19.3 Å². The van der Waals surface area contributed by atoms with E-state index < -0.39 is 0 Å². The van der Waals surface area contributed by atoms with Crippen molar-refractivity contribution in [1.82, 2.24) is 10.2 Å². The minimum atomic E-state index is -0.147. The van der Waals surface area contributed by atoms with Gasteiger partial charge in [-0.25, -0.2) is 0 Å². The van der Waals surface area contributed by atoms with E-state index in [0.717, 1.165) is 25.9 Å². The van der Waals surface area contributed by atoms with Crippen molar-refractivity contribution in [2.24, 2.45) is 5.92 Å². The summed E-state index contributed by atoms with van der Waals surface area (Å²) in [7, 11) is 1.71. The quantitative estimate of drug-likeness (QED) is 0.707. The molecule has 0 aromatic carbocycles. The molecule has 2 fully saturated rings. The maximum atomic E-state index is 12.0. The van der Waals surface area contributed by atoms with Gasteiger partial charge >= 0.3 is 0 Å². The molecule has 0 bridgehead atoms. The van der Waals surface area contributed by atoms with Gasteiger partial charge in [0.15, 0.2) is 0 Å². The Kier molecular flexibility index (Phi) is 3.43. The number of nitrogens with zero attached hydrogens (tertiary/aromatic N) is 1. The summed E-state index contributed by atoms with van der Waals surface area (Å²) in [4.78, 5) is 24.9. The number of ether oxygens (including phenoxy) is 1. The molecule has 2 amide bonds. The zero-order valence-corrected chi connectivity index (χ0v) is 9.57. The molecule has 2 heterocycles. The molecule has 0 saturated carbocycles. The van der Waals surface area contributed by atoms with Crippen LogP contribution in [0.5, 0.6) is 0 Å². The van der Waals surface area contributed by atoms with E-state index in [9.17, 15) is 9.59 Å². The van der Waals surface area contributed by atoms with Crippen molar-refractivity contribution < 1.29 is 14.3 Å². The van der Waals surface area contributed by atoms with Crippen molar-refractivity contribution in [2.75, 3.05) is 26.7 Å². The zero-order chi connectivity index (χ0) is 11.5. The number of carbonyl (C=O) groups excluding carboxylic acids is 2. The van der Waals surface area contributed by atoms with Gasteiger partial charge < -0.3 is 15.0 Å². The first-order valence-electron chi connectivity index (χ1n) is 5.79. The van der Waals surface area contributed by atoms with E-state index in [1.807, 2.05) is 4.90 Å². The summed E-state index contributed by atoms with van der Waals surface area (Å²) >= 11 is 0. The average molecular weight is 226 g/mol. The number of rotatable bonds is 2. The minimum Gasteiger partial charge on any atom is -0.381 e. The molecule has 2 aliphatic rings. The molecule has 1 unspecified atom stereocenters. The molecule has 2 aliphatic heterocycles. The second kappa shape index (κ2) is 4.82. The molecular weight excluding hydrogens is 208 g/mol. The van der Waals surface area contributed by atoms with E-state index in [-0.39, 0.29) is 23.8 Å². The van der Waals surface area contributed by atoms with Crippen molar-refractivity contribution >= 4 is 11.8 Å². The van der Waals surface area contributed by atoms with Gasteiger partial charge in [0.1, 0.15) is 0 Å². The highest BCUT2D eigenvalue weighted by molar-refractivity contribution is 5.89. The van der Waals surface area contributed by atoms with E-state index >= 15 is 0 Å². The molecule has 0 aromatic heterocycles. The van der Waals surface area contributed by atoms with Crippen LogP contribution in [0, 0.1) is 5.92 Å².